The van der Waals surface area contributed by atoms with Crippen molar-refractivity contribution in [2.75, 3.05) is 45.8 Å². The number of carbonyl (C=O) groups excluding carboxylic acids is 3. The third-order valence-corrected chi connectivity index (χ3v) is 3.09. The number of rotatable bonds is 4. The van der Waals surface area contributed by atoms with Crippen molar-refractivity contribution in [3.05, 3.63) is 0 Å². The van der Waals surface area contributed by atoms with E-state index < -0.39 is 11.8 Å². The number of likely N-dealkylation sites (N-methyl/N-ethyl adjacent to an activating group) is 1. The number of nitrogens with zero attached hydrogens (tertiary/aromatic N) is 2. The lowest BCUT2D eigenvalue weighted by Gasteiger charge is -2.33. The molecule has 2 N–H and O–H groups in total. The Morgan fingerprint density at radius 2 is 1.58 bits per heavy atom. The highest BCUT2D eigenvalue weighted by molar-refractivity contribution is 6.35. The summed E-state index contributed by atoms with van der Waals surface area (Å²) >= 11 is 0. The summed E-state index contributed by atoms with van der Waals surface area (Å²) in [5.41, 5.74) is 0. The first-order valence-electron chi connectivity index (χ1n) is 6.58. The van der Waals surface area contributed by atoms with Crippen LogP contribution in [0.2, 0.25) is 0 Å². The molecule has 1 aliphatic rings. The van der Waals surface area contributed by atoms with Gasteiger partial charge in [-0.3, -0.25) is 14.4 Å². The summed E-state index contributed by atoms with van der Waals surface area (Å²) < 4.78 is 0. The molecule has 0 saturated carbocycles. The molecule has 0 aromatic heterocycles. The van der Waals surface area contributed by atoms with Crippen LogP contribution in [0.5, 0.6) is 0 Å². The molecule has 7 heteroatoms. The zero-order valence-corrected chi connectivity index (χ0v) is 11.6. The van der Waals surface area contributed by atoms with E-state index in [0.717, 1.165) is 19.6 Å². The summed E-state index contributed by atoms with van der Waals surface area (Å²) in [6, 6.07) is 0. The van der Waals surface area contributed by atoms with E-state index in [2.05, 4.69) is 22.5 Å². The van der Waals surface area contributed by atoms with Gasteiger partial charge in [0, 0.05) is 46.2 Å². The van der Waals surface area contributed by atoms with Gasteiger partial charge in [-0.05, 0) is 6.54 Å². The number of nitrogens with one attached hydrogen (secondary N) is 2. The highest BCUT2D eigenvalue weighted by Crippen LogP contribution is 2.01. The minimum absolute atomic E-state index is 0.156. The zero-order chi connectivity index (χ0) is 14.3. The molecule has 19 heavy (non-hydrogen) atoms. The second-order valence-electron chi connectivity index (χ2n) is 4.47. The summed E-state index contributed by atoms with van der Waals surface area (Å²) in [6.45, 7) is 7.83. The van der Waals surface area contributed by atoms with Crippen LogP contribution in [0, 0.1) is 0 Å². The lowest BCUT2D eigenvalue weighted by Crippen LogP contribution is -2.52. The van der Waals surface area contributed by atoms with Gasteiger partial charge in [0.2, 0.25) is 5.91 Å². The molecule has 7 nitrogen and oxygen atoms in total. The predicted octanol–water partition coefficient (Wildman–Crippen LogP) is -1.60. The molecule has 0 aromatic rings. The highest BCUT2D eigenvalue weighted by Gasteiger charge is 2.24. The molecule has 1 aliphatic heterocycles. The van der Waals surface area contributed by atoms with Gasteiger partial charge in [-0.1, -0.05) is 6.92 Å². The average molecular weight is 270 g/mol. The molecule has 108 valence electrons. The Morgan fingerprint density at radius 3 is 2.11 bits per heavy atom. The van der Waals surface area contributed by atoms with Crippen LogP contribution in [0.1, 0.15) is 13.8 Å². The summed E-state index contributed by atoms with van der Waals surface area (Å²) in [7, 11) is 0. The Kier molecular flexibility index (Phi) is 6.27. The molecule has 0 atom stereocenters. The van der Waals surface area contributed by atoms with Crippen molar-refractivity contribution in [2.45, 2.75) is 13.8 Å². The first-order valence-corrected chi connectivity index (χ1v) is 6.58. The van der Waals surface area contributed by atoms with Crippen LogP contribution < -0.4 is 10.6 Å². The van der Waals surface area contributed by atoms with Gasteiger partial charge in [-0.25, -0.2) is 0 Å². The first-order chi connectivity index (χ1) is 9.04. The molecular formula is C12H22N4O3. The van der Waals surface area contributed by atoms with E-state index in [4.69, 9.17) is 0 Å². The normalized spacial score (nSPS) is 16.0. The molecule has 0 aliphatic carbocycles. The van der Waals surface area contributed by atoms with Gasteiger partial charge in [0.25, 0.3) is 0 Å². The quantitative estimate of drug-likeness (QED) is 0.476. The summed E-state index contributed by atoms with van der Waals surface area (Å²) in [4.78, 5) is 37.9. The van der Waals surface area contributed by atoms with E-state index in [9.17, 15) is 14.4 Å². The SMILES string of the molecule is CCN1CCN(C(=O)C(=O)NCCNC(C)=O)CC1. The lowest BCUT2D eigenvalue weighted by atomic mass is 10.3. The minimum atomic E-state index is -0.602. The van der Waals surface area contributed by atoms with Crippen LogP contribution in [0.3, 0.4) is 0 Å². The fourth-order valence-corrected chi connectivity index (χ4v) is 1.90. The standard InChI is InChI=1S/C12H22N4O3/c1-3-15-6-8-16(9-7-15)12(19)11(18)14-5-4-13-10(2)17/h3-9H2,1-2H3,(H,13,17)(H,14,18). The van der Waals surface area contributed by atoms with Crippen LogP contribution in [0.25, 0.3) is 0 Å². The second-order valence-corrected chi connectivity index (χ2v) is 4.47. The van der Waals surface area contributed by atoms with Crippen molar-refractivity contribution in [1.82, 2.24) is 20.4 Å². The van der Waals surface area contributed by atoms with Gasteiger partial charge in [0.15, 0.2) is 0 Å². The Hall–Kier alpha value is -1.63. The minimum Gasteiger partial charge on any atom is -0.355 e. The van der Waals surface area contributed by atoms with Crippen molar-refractivity contribution in [2.24, 2.45) is 0 Å². The third kappa shape index (κ3) is 5.25. The summed E-state index contributed by atoms with van der Waals surface area (Å²) in [5.74, 6) is -1.25. The van der Waals surface area contributed by atoms with Crippen molar-refractivity contribution in [3.63, 3.8) is 0 Å². The molecule has 1 rings (SSSR count). The predicted molar refractivity (Wildman–Crippen MR) is 70.4 cm³/mol. The highest BCUT2D eigenvalue weighted by atomic mass is 16.2. The molecular weight excluding hydrogens is 248 g/mol. The zero-order valence-electron chi connectivity index (χ0n) is 11.6. The lowest BCUT2D eigenvalue weighted by molar-refractivity contribution is -0.146. The van der Waals surface area contributed by atoms with Crippen LogP contribution in [0.15, 0.2) is 0 Å². The smallest absolute Gasteiger partial charge is 0.311 e. The summed E-state index contributed by atoms with van der Waals surface area (Å²) in [5, 5.41) is 5.05. The van der Waals surface area contributed by atoms with Crippen LogP contribution in [0.4, 0.5) is 0 Å². The molecule has 3 amide bonds. The van der Waals surface area contributed by atoms with Gasteiger partial charge in [0.1, 0.15) is 0 Å². The van der Waals surface area contributed by atoms with E-state index in [1.165, 1.54) is 6.92 Å². The molecule has 1 saturated heterocycles. The summed E-state index contributed by atoms with van der Waals surface area (Å²) in [6.07, 6.45) is 0. The Labute approximate surface area is 113 Å². The van der Waals surface area contributed by atoms with E-state index in [-0.39, 0.29) is 12.5 Å². The van der Waals surface area contributed by atoms with E-state index in [0.29, 0.717) is 19.6 Å². The van der Waals surface area contributed by atoms with Crippen molar-refractivity contribution >= 4 is 17.7 Å². The number of hydrogen-bond acceptors (Lipinski definition) is 4. The van der Waals surface area contributed by atoms with Gasteiger partial charge in [0.05, 0.1) is 0 Å². The number of hydrogen-bond donors (Lipinski definition) is 2. The molecule has 0 unspecified atom stereocenters. The van der Waals surface area contributed by atoms with Gasteiger partial charge in [-0.15, -0.1) is 0 Å². The Balaban J connectivity index is 2.25. The molecule has 1 heterocycles. The van der Waals surface area contributed by atoms with Crippen molar-refractivity contribution < 1.29 is 14.4 Å². The van der Waals surface area contributed by atoms with Gasteiger partial charge >= 0.3 is 11.8 Å². The molecule has 1 fully saturated rings. The van der Waals surface area contributed by atoms with Gasteiger partial charge in [-0.2, -0.15) is 0 Å². The third-order valence-electron chi connectivity index (χ3n) is 3.09. The second kappa shape index (κ2) is 7.73. The molecule has 0 spiro atoms. The number of amides is 3. The Morgan fingerprint density at radius 1 is 1.00 bits per heavy atom. The molecule has 0 radical (unpaired) electrons. The maximum Gasteiger partial charge on any atom is 0.311 e. The molecule has 0 bridgehead atoms. The number of carbonyl (C=O) groups is 3. The number of piperazine rings is 1. The van der Waals surface area contributed by atoms with Crippen molar-refractivity contribution in [1.29, 1.82) is 0 Å². The van der Waals surface area contributed by atoms with Crippen LogP contribution in [-0.2, 0) is 14.4 Å². The fourth-order valence-electron chi connectivity index (χ4n) is 1.90. The Bertz CT molecular complexity index is 338. The van der Waals surface area contributed by atoms with E-state index in [1.807, 2.05) is 0 Å². The van der Waals surface area contributed by atoms with Crippen LogP contribution >= 0.6 is 0 Å². The first kappa shape index (κ1) is 15.4. The van der Waals surface area contributed by atoms with Crippen molar-refractivity contribution in [3.8, 4) is 0 Å². The molecule has 0 aromatic carbocycles. The maximum atomic E-state index is 11.8. The largest absolute Gasteiger partial charge is 0.355 e. The topological polar surface area (TPSA) is 81.8 Å². The van der Waals surface area contributed by atoms with E-state index in [1.54, 1.807) is 4.90 Å². The van der Waals surface area contributed by atoms with Crippen LogP contribution in [-0.4, -0.2) is 73.3 Å². The average Bonchev–Trinajstić information content (AvgIpc) is 2.42. The van der Waals surface area contributed by atoms with E-state index >= 15 is 0 Å². The maximum absolute atomic E-state index is 11.8. The monoisotopic (exact) mass is 270 g/mol. The fraction of sp³-hybridized carbons (Fsp3) is 0.750. The van der Waals surface area contributed by atoms with Gasteiger partial charge < -0.3 is 20.4 Å².